The summed E-state index contributed by atoms with van der Waals surface area (Å²) in [6.07, 6.45) is 69.9. The molecule has 6 nitrogen and oxygen atoms in total. The minimum Gasteiger partial charge on any atom is -0.462 e. The number of esters is 3. The van der Waals surface area contributed by atoms with Crippen molar-refractivity contribution >= 4 is 17.9 Å². The first-order chi connectivity index (χ1) is 34.5. The van der Waals surface area contributed by atoms with Crippen LogP contribution in [-0.2, 0) is 28.6 Å². The van der Waals surface area contributed by atoms with Gasteiger partial charge in [-0.1, -0.05) is 309 Å². The fourth-order valence-electron chi connectivity index (χ4n) is 9.74. The van der Waals surface area contributed by atoms with E-state index in [0.717, 1.165) is 64.2 Å². The van der Waals surface area contributed by atoms with Gasteiger partial charge in [0.2, 0.25) is 0 Å². The molecule has 0 aromatic rings. The summed E-state index contributed by atoms with van der Waals surface area (Å²) in [4.78, 5) is 37.9. The lowest BCUT2D eigenvalue weighted by atomic mass is 10.0. The van der Waals surface area contributed by atoms with Gasteiger partial charge < -0.3 is 14.2 Å². The molecule has 414 valence electrons. The number of ether oxygens (including phenoxy) is 3. The molecule has 0 saturated heterocycles. The van der Waals surface area contributed by atoms with E-state index in [1.165, 1.54) is 257 Å². The van der Waals surface area contributed by atoms with Crippen molar-refractivity contribution in [2.45, 2.75) is 367 Å². The average molecular weight is 988 g/mol. The molecule has 0 bridgehead atoms. The van der Waals surface area contributed by atoms with Crippen molar-refractivity contribution in [3.05, 3.63) is 12.2 Å². The van der Waals surface area contributed by atoms with E-state index in [9.17, 15) is 14.4 Å². The van der Waals surface area contributed by atoms with Crippen molar-refractivity contribution in [3.8, 4) is 0 Å². The van der Waals surface area contributed by atoms with Gasteiger partial charge in [-0.05, 0) is 44.9 Å². The Hall–Kier alpha value is -1.85. The zero-order chi connectivity index (χ0) is 50.7. The van der Waals surface area contributed by atoms with Crippen molar-refractivity contribution in [1.29, 1.82) is 0 Å². The van der Waals surface area contributed by atoms with E-state index in [0.29, 0.717) is 19.3 Å². The highest BCUT2D eigenvalue weighted by Gasteiger charge is 2.19. The number of hydrogen-bond donors (Lipinski definition) is 0. The fourth-order valence-corrected chi connectivity index (χ4v) is 9.74. The summed E-state index contributed by atoms with van der Waals surface area (Å²) < 4.78 is 16.8. The standard InChI is InChI=1S/C64H122O6/c1-4-7-10-13-16-18-20-22-24-25-26-27-28-29-30-31-32-33-34-35-36-37-38-39-41-42-44-46-48-51-54-57-63(66)69-60-61(59-68-62(65)56-53-50-15-12-9-6-3)70-64(67)58-55-52-49-47-45-43-40-23-21-19-17-14-11-8-5-2/h23,40,61H,4-22,24-39,41-60H2,1-3H3/b40-23-. The van der Waals surface area contributed by atoms with Crippen LogP contribution in [0.25, 0.3) is 0 Å². The van der Waals surface area contributed by atoms with Crippen LogP contribution in [-0.4, -0.2) is 37.2 Å². The van der Waals surface area contributed by atoms with Gasteiger partial charge in [0.05, 0.1) is 0 Å². The van der Waals surface area contributed by atoms with Crippen LogP contribution < -0.4 is 0 Å². The van der Waals surface area contributed by atoms with Gasteiger partial charge in [-0.25, -0.2) is 0 Å². The van der Waals surface area contributed by atoms with Gasteiger partial charge in [-0.15, -0.1) is 0 Å². The number of unbranched alkanes of at least 4 members (excludes halogenated alkanes) is 46. The van der Waals surface area contributed by atoms with Crippen LogP contribution in [0.4, 0.5) is 0 Å². The third kappa shape index (κ3) is 57.1. The minimum atomic E-state index is -0.767. The second-order valence-corrected chi connectivity index (χ2v) is 21.7. The molecule has 0 aromatic carbocycles. The maximum atomic E-state index is 12.8. The Morgan fingerprint density at radius 1 is 0.271 bits per heavy atom. The predicted molar refractivity (Wildman–Crippen MR) is 303 cm³/mol. The molecule has 0 spiro atoms. The van der Waals surface area contributed by atoms with Gasteiger partial charge >= 0.3 is 17.9 Å². The number of carbonyl (C=O) groups is 3. The van der Waals surface area contributed by atoms with Gasteiger partial charge in [-0.2, -0.15) is 0 Å². The topological polar surface area (TPSA) is 78.9 Å². The summed E-state index contributed by atoms with van der Waals surface area (Å²) >= 11 is 0. The smallest absolute Gasteiger partial charge is 0.306 e. The number of hydrogen-bond acceptors (Lipinski definition) is 6. The number of rotatable bonds is 59. The predicted octanol–water partition coefficient (Wildman–Crippen LogP) is 21.3. The van der Waals surface area contributed by atoms with Crippen molar-refractivity contribution in [2.24, 2.45) is 0 Å². The summed E-state index contributed by atoms with van der Waals surface area (Å²) in [6, 6.07) is 0. The van der Waals surface area contributed by atoms with Crippen LogP contribution >= 0.6 is 0 Å². The molecule has 0 aliphatic carbocycles. The first kappa shape index (κ1) is 68.2. The van der Waals surface area contributed by atoms with E-state index < -0.39 is 6.10 Å². The zero-order valence-electron chi connectivity index (χ0n) is 47.6. The van der Waals surface area contributed by atoms with Crippen LogP contribution in [0.15, 0.2) is 12.2 Å². The Balaban J connectivity index is 3.92. The van der Waals surface area contributed by atoms with Gasteiger partial charge in [0.1, 0.15) is 13.2 Å². The normalized spacial score (nSPS) is 12.0. The number of allylic oxidation sites excluding steroid dienone is 2. The Kier molecular flexibility index (Phi) is 58.1. The van der Waals surface area contributed by atoms with Crippen molar-refractivity contribution in [1.82, 2.24) is 0 Å². The third-order valence-corrected chi connectivity index (χ3v) is 14.5. The molecule has 0 aliphatic rings. The summed E-state index contributed by atoms with van der Waals surface area (Å²) in [7, 11) is 0. The molecular weight excluding hydrogens is 865 g/mol. The molecule has 1 atom stereocenters. The van der Waals surface area contributed by atoms with Gasteiger partial charge in [0, 0.05) is 19.3 Å². The lowest BCUT2D eigenvalue weighted by Crippen LogP contribution is -2.30. The maximum Gasteiger partial charge on any atom is 0.306 e. The monoisotopic (exact) mass is 987 g/mol. The van der Waals surface area contributed by atoms with Crippen molar-refractivity contribution in [2.75, 3.05) is 13.2 Å². The maximum absolute atomic E-state index is 12.8. The van der Waals surface area contributed by atoms with Gasteiger partial charge in [0.15, 0.2) is 6.10 Å². The lowest BCUT2D eigenvalue weighted by molar-refractivity contribution is -0.167. The molecule has 0 amide bonds. The number of carbonyl (C=O) groups excluding carboxylic acids is 3. The molecule has 0 heterocycles. The highest BCUT2D eigenvalue weighted by molar-refractivity contribution is 5.71. The highest BCUT2D eigenvalue weighted by atomic mass is 16.6. The average Bonchev–Trinajstić information content (AvgIpc) is 3.36. The van der Waals surface area contributed by atoms with Crippen LogP contribution in [0.2, 0.25) is 0 Å². The van der Waals surface area contributed by atoms with Gasteiger partial charge in [0.25, 0.3) is 0 Å². The van der Waals surface area contributed by atoms with Gasteiger partial charge in [-0.3, -0.25) is 14.4 Å². The van der Waals surface area contributed by atoms with Crippen molar-refractivity contribution in [3.63, 3.8) is 0 Å². The minimum absolute atomic E-state index is 0.0686. The summed E-state index contributed by atoms with van der Waals surface area (Å²) in [5.74, 6) is -0.865. The summed E-state index contributed by atoms with van der Waals surface area (Å²) in [5.41, 5.74) is 0. The first-order valence-electron chi connectivity index (χ1n) is 31.7. The second kappa shape index (κ2) is 59.7. The summed E-state index contributed by atoms with van der Waals surface area (Å²) in [6.45, 7) is 6.62. The highest BCUT2D eigenvalue weighted by Crippen LogP contribution is 2.18. The molecule has 0 fully saturated rings. The van der Waals surface area contributed by atoms with E-state index in [1.807, 2.05) is 0 Å². The van der Waals surface area contributed by atoms with Crippen molar-refractivity contribution < 1.29 is 28.6 Å². The van der Waals surface area contributed by atoms with Crippen LogP contribution in [0.3, 0.4) is 0 Å². The first-order valence-corrected chi connectivity index (χ1v) is 31.7. The van der Waals surface area contributed by atoms with Crippen LogP contribution in [0.5, 0.6) is 0 Å². The molecule has 0 aromatic heterocycles. The molecule has 1 unspecified atom stereocenters. The SMILES string of the molecule is CCCCCCCC/C=C\CCCCCCCC(=O)OC(COC(=O)CCCCCCCC)COC(=O)CCCCCCCCCCCCCCCCCCCCCCCCCCCCCCCCC. The molecule has 70 heavy (non-hydrogen) atoms. The van der Waals surface area contributed by atoms with Crippen LogP contribution in [0.1, 0.15) is 361 Å². The second-order valence-electron chi connectivity index (χ2n) is 21.7. The zero-order valence-corrected chi connectivity index (χ0v) is 47.6. The Morgan fingerprint density at radius 3 is 0.714 bits per heavy atom. The molecule has 6 heteroatoms. The largest absolute Gasteiger partial charge is 0.462 e. The van der Waals surface area contributed by atoms with E-state index in [1.54, 1.807) is 0 Å². The molecular formula is C64H122O6. The van der Waals surface area contributed by atoms with E-state index in [4.69, 9.17) is 14.2 Å². The molecule has 0 rings (SSSR count). The third-order valence-electron chi connectivity index (χ3n) is 14.5. The molecule has 0 radical (unpaired) electrons. The Bertz CT molecular complexity index is 1090. The fraction of sp³-hybridized carbons (Fsp3) is 0.922. The lowest BCUT2D eigenvalue weighted by Gasteiger charge is -2.18. The Labute approximate surface area is 437 Å². The van der Waals surface area contributed by atoms with E-state index in [2.05, 4.69) is 32.9 Å². The van der Waals surface area contributed by atoms with E-state index >= 15 is 0 Å². The molecule has 0 N–H and O–H groups in total. The quantitative estimate of drug-likeness (QED) is 0.0261. The van der Waals surface area contributed by atoms with E-state index in [-0.39, 0.29) is 31.1 Å². The van der Waals surface area contributed by atoms with Crippen LogP contribution in [0, 0.1) is 0 Å². The molecule has 0 saturated carbocycles. The Morgan fingerprint density at radius 2 is 0.471 bits per heavy atom. The molecule has 0 aliphatic heterocycles. The summed E-state index contributed by atoms with van der Waals surface area (Å²) in [5, 5.41) is 0.